The molecule has 0 saturated carbocycles. The van der Waals surface area contributed by atoms with Crippen LogP contribution in [0.4, 0.5) is 16.2 Å². The third-order valence-electron chi connectivity index (χ3n) is 3.07. The summed E-state index contributed by atoms with van der Waals surface area (Å²) >= 11 is 0. The SMILES string of the molecule is CCCNc1ccc([N+](=O)[O-])cc1CN1CCOC1=O. The highest BCUT2D eigenvalue weighted by atomic mass is 16.6. The summed E-state index contributed by atoms with van der Waals surface area (Å²) in [5.41, 5.74) is 1.57. The topological polar surface area (TPSA) is 84.7 Å². The Labute approximate surface area is 116 Å². The van der Waals surface area contributed by atoms with Crippen LogP contribution >= 0.6 is 0 Å². The number of carbonyl (C=O) groups is 1. The molecular weight excluding hydrogens is 262 g/mol. The molecule has 0 aliphatic carbocycles. The molecule has 1 aromatic carbocycles. The molecule has 0 radical (unpaired) electrons. The summed E-state index contributed by atoms with van der Waals surface area (Å²) in [6.45, 7) is 4.00. The second-order valence-electron chi connectivity index (χ2n) is 4.56. The quantitative estimate of drug-likeness (QED) is 0.638. The van der Waals surface area contributed by atoms with Gasteiger partial charge in [0.1, 0.15) is 6.61 Å². The lowest BCUT2D eigenvalue weighted by Gasteiger charge is -2.16. The minimum atomic E-state index is -0.435. The van der Waals surface area contributed by atoms with Crippen molar-refractivity contribution in [3.05, 3.63) is 33.9 Å². The van der Waals surface area contributed by atoms with E-state index < -0.39 is 4.92 Å². The number of non-ortho nitro benzene ring substituents is 1. The Balaban J connectivity index is 2.23. The van der Waals surface area contributed by atoms with Gasteiger partial charge in [0.15, 0.2) is 0 Å². The lowest BCUT2D eigenvalue weighted by Crippen LogP contribution is -2.24. The van der Waals surface area contributed by atoms with E-state index in [1.807, 2.05) is 6.92 Å². The first-order valence-corrected chi connectivity index (χ1v) is 6.54. The predicted molar refractivity (Wildman–Crippen MR) is 73.6 cm³/mol. The maximum atomic E-state index is 11.5. The average Bonchev–Trinajstić information content (AvgIpc) is 2.82. The van der Waals surface area contributed by atoms with Gasteiger partial charge in [-0.15, -0.1) is 0 Å². The van der Waals surface area contributed by atoms with Crippen LogP contribution in [-0.2, 0) is 11.3 Å². The third kappa shape index (κ3) is 3.17. The van der Waals surface area contributed by atoms with E-state index in [0.29, 0.717) is 19.7 Å². The Morgan fingerprint density at radius 1 is 1.50 bits per heavy atom. The third-order valence-corrected chi connectivity index (χ3v) is 3.07. The summed E-state index contributed by atoms with van der Waals surface area (Å²) in [4.78, 5) is 23.4. The molecule has 108 valence electrons. The van der Waals surface area contributed by atoms with Crippen LogP contribution in [0.5, 0.6) is 0 Å². The van der Waals surface area contributed by atoms with Crippen LogP contribution in [0, 0.1) is 10.1 Å². The van der Waals surface area contributed by atoms with Crippen molar-refractivity contribution < 1.29 is 14.5 Å². The number of anilines is 1. The Hall–Kier alpha value is -2.31. The number of carbonyl (C=O) groups excluding carboxylic acids is 1. The molecule has 20 heavy (non-hydrogen) atoms. The van der Waals surface area contributed by atoms with Gasteiger partial charge in [-0.2, -0.15) is 0 Å². The zero-order valence-corrected chi connectivity index (χ0v) is 11.3. The van der Waals surface area contributed by atoms with E-state index in [4.69, 9.17) is 4.74 Å². The number of cyclic esters (lactones) is 1. The van der Waals surface area contributed by atoms with Crippen LogP contribution < -0.4 is 5.32 Å². The number of ether oxygens (including phenoxy) is 1. The first-order chi connectivity index (χ1) is 9.61. The summed E-state index contributed by atoms with van der Waals surface area (Å²) in [5.74, 6) is 0. The number of nitro groups is 1. The fourth-order valence-electron chi connectivity index (χ4n) is 2.03. The lowest BCUT2D eigenvalue weighted by atomic mass is 10.1. The molecule has 2 rings (SSSR count). The normalized spacial score (nSPS) is 14.2. The van der Waals surface area contributed by atoms with Crippen molar-refractivity contribution in [3.8, 4) is 0 Å². The number of nitrogens with one attached hydrogen (secondary N) is 1. The van der Waals surface area contributed by atoms with Crippen LogP contribution in [-0.4, -0.2) is 35.6 Å². The lowest BCUT2D eigenvalue weighted by molar-refractivity contribution is -0.384. The van der Waals surface area contributed by atoms with E-state index in [1.54, 1.807) is 6.07 Å². The van der Waals surface area contributed by atoms with E-state index >= 15 is 0 Å². The van der Waals surface area contributed by atoms with E-state index in [9.17, 15) is 14.9 Å². The first kappa shape index (κ1) is 14.1. The van der Waals surface area contributed by atoms with Gasteiger partial charge in [-0.3, -0.25) is 10.1 Å². The molecule has 1 amide bonds. The summed E-state index contributed by atoms with van der Waals surface area (Å²) in [5, 5.41) is 14.1. The fraction of sp³-hybridized carbons (Fsp3) is 0.462. The number of rotatable bonds is 6. The summed E-state index contributed by atoms with van der Waals surface area (Å²) < 4.78 is 4.87. The van der Waals surface area contributed by atoms with Crippen molar-refractivity contribution in [1.29, 1.82) is 0 Å². The van der Waals surface area contributed by atoms with Crippen LogP contribution in [0.25, 0.3) is 0 Å². The van der Waals surface area contributed by atoms with E-state index in [0.717, 1.165) is 24.2 Å². The van der Waals surface area contributed by atoms with Crippen molar-refractivity contribution in [2.45, 2.75) is 19.9 Å². The number of nitrogens with zero attached hydrogens (tertiary/aromatic N) is 2. The highest BCUT2D eigenvalue weighted by molar-refractivity contribution is 5.70. The Bertz CT molecular complexity index is 518. The minimum Gasteiger partial charge on any atom is -0.448 e. The van der Waals surface area contributed by atoms with Crippen LogP contribution in [0.2, 0.25) is 0 Å². The maximum absolute atomic E-state index is 11.5. The molecule has 7 heteroatoms. The Morgan fingerprint density at radius 2 is 2.30 bits per heavy atom. The number of amides is 1. The monoisotopic (exact) mass is 279 g/mol. The summed E-state index contributed by atoms with van der Waals surface area (Å²) in [6.07, 6.45) is 0.570. The fourth-order valence-corrected chi connectivity index (χ4v) is 2.03. The van der Waals surface area contributed by atoms with Gasteiger partial charge >= 0.3 is 6.09 Å². The van der Waals surface area contributed by atoms with Crippen molar-refractivity contribution in [2.75, 3.05) is 25.0 Å². The molecule has 0 aromatic heterocycles. The molecule has 1 aromatic rings. The Kier molecular flexibility index (Phi) is 4.39. The van der Waals surface area contributed by atoms with Gasteiger partial charge in [0.05, 0.1) is 18.0 Å². The molecule has 1 heterocycles. The average molecular weight is 279 g/mol. The van der Waals surface area contributed by atoms with Gasteiger partial charge in [-0.25, -0.2) is 4.79 Å². The molecular formula is C13H17N3O4. The molecule has 1 aliphatic heterocycles. The molecule has 7 nitrogen and oxygen atoms in total. The second-order valence-corrected chi connectivity index (χ2v) is 4.56. The van der Waals surface area contributed by atoms with Gasteiger partial charge in [-0.1, -0.05) is 6.92 Å². The van der Waals surface area contributed by atoms with Crippen molar-refractivity contribution >= 4 is 17.5 Å². The largest absolute Gasteiger partial charge is 0.448 e. The zero-order chi connectivity index (χ0) is 14.5. The molecule has 1 fully saturated rings. The molecule has 1 saturated heterocycles. The van der Waals surface area contributed by atoms with E-state index in [-0.39, 0.29) is 11.8 Å². The standard InChI is InChI=1S/C13H17N3O4/c1-2-5-14-12-4-3-11(16(18)19)8-10(12)9-15-6-7-20-13(15)17/h3-4,8,14H,2,5-7,9H2,1H3. The second kappa shape index (κ2) is 6.23. The predicted octanol–water partition coefficient (Wildman–Crippen LogP) is 2.37. The van der Waals surface area contributed by atoms with Gasteiger partial charge < -0.3 is 15.0 Å². The Morgan fingerprint density at radius 3 is 2.90 bits per heavy atom. The molecule has 0 bridgehead atoms. The first-order valence-electron chi connectivity index (χ1n) is 6.54. The van der Waals surface area contributed by atoms with Crippen LogP contribution in [0.3, 0.4) is 0 Å². The maximum Gasteiger partial charge on any atom is 0.410 e. The van der Waals surface area contributed by atoms with Gasteiger partial charge in [0.25, 0.3) is 5.69 Å². The number of benzene rings is 1. The molecule has 0 spiro atoms. The zero-order valence-electron chi connectivity index (χ0n) is 11.3. The van der Waals surface area contributed by atoms with Crippen LogP contribution in [0.1, 0.15) is 18.9 Å². The van der Waals surface area contributed by atoms with Gasteiger partial charge in [0.2, 0.25) is 0 Å². The van der Waals surface area contributed by atoms with Crippen molar-refractivity contribution in [3.63, 3.8) is 0 Å². The van der Waals surface area contributed by atoms with Gasteiger partial charge in [0, 0.05) is 29.9 Å². The van der Waals surface area contributed by atoms with E-state index in [1.165, 1.54) is 17.0 Å². The number of hydrogen-bond donors (Lipinski definition) is 1. The smallest absolute Gasteiger partial charge is 0.410 e. The highest BCUT2D eigenvalue weighted by Crippen LogP contribution is 2.24. The summed E-state index contributed by atoms with van der Waals surface area (Å²) in [6, 6.07) is 4.65. The van der Waals surface area contributed by atoms with Crippen LogP contribution in [0.15, 0.2) is 18.2 Å². The molecule has 1 aliphatic rings. The molecule has 0 unspecified atom stereocenters. The number of hydrogen-bond acceptors (Lipinski definition) is 5. The number of nitro benzene ring substituents is 1. The van der Waals surface area contributed by atoms with E-state index in [2.05, 4.69) is 5.32 Å². The summed E-state index contributed by atoms with van der Waals surface area (Å²) in [7, 11) is 0. The van der Waals surface area contributed by atoms with Gasteiger partial charge in [-0.05, 0) is 12.5 Å². The molecule has 1 N–H and O–H groups in total. The highest BCUT2D eigenvalue weighted by Gasteiger charge is 2.23. The van der Waals surface area contributed by atoms with Crippen molar-refractivity contribution in [2.24, 2.45) is 0 Å². The minimum absolute atomic E-state index is 0.0228. The molecule has 0 atom stereocenters. The van der Waals surface area contributed by atoms with Crippen molar-refractivity contribution in [1.82, 2.24) is 4.90 Å².